The minimum Gasteiger partial charge on any atom is -0.465 e. The van der Waals surface area contributed by atoms with Crippen molar-refractivity contribution in [3.05, 3.63) is 0 Å². The van der Waals surface area contributed by atoms with Gasteiger partial charge in [0.2, 0.25) is 0 Å². The molecule has 2 fully saturated rings. The quantitative estimate of drug-likeness (QED) is 0.588. The molecule has 0 bridgehead atoms. The number of hydrogen-bond donors (Lipinski definition) is 0. The lowest BCUT2D eigenvalue weighted by molar-refractivity contribution is -0.184. The van der Waals surface area contributed by atoms with Crippen molar-refractivity contribution in [1.29, 1.82) is 0 Å². The Morgan fingerprint density at radius 1 is 1.00 bits per heavy atom. The summed E-state index contributed by atoms with van der Waals surface area (Å²) in [5.41, 5.74) is -1.31. The van der Waals surface area contributed by atoms with E-state index in [9.17, 15) is 9.59 Å². The molecular weight excluding hydrogens is 268 g/mol. The highest BCUT2D eigenvalue weighted by atomic mass is 16.6. The maximum atomic E-state index is 12.7. The van der Waals surface area contributed by atoms with E-state index in [-0.39, 0.29) is 17.4 Å². The fraction of sp³-hybridized carbons (Fsp3) is 0.882. The van der Waals surface area contributed by atoms with Crippen LogP contribution in [0.2, 0.25) is 0 Å². The van der Waals surface area contributed by atoms with Crippen molar-refractivity contribution in [3.63, 3.8) is 0 Å². The van der Waals surface area contributed by atoms with Crippen molar-refractivity contribution in [2.45, 2.75) is 65.7 Å². The van der Waals surface area contributed by atoms with Gasteiger partial charge in [-0.3, -0.25) is 9.59 Å². The first-order valence-electron chi connectivity index (χ1n) is 8.37. The van der Waals surface area contributed by atoms with Crippen LogP contribution < -0.4 is 0 Å². The van der Waals surface area contributed by atoms with Crippen LogP contribution in [0, 0.1) is 16.7 Å². The summed E-state index contributed by atoms with van der Waals surface area (Å²) in [5.74, 6) is -0.148. The van der Waals surface area contributed by atoms with Gasteiger partial charge in [-0.15, -0.1) is 0 Å². The van der Waals surface area contributed by atoms with Crippen LogP contribution in [0.4, 0.5) is 0 Å². The molecule has 0 aromatic rings. The van der Waals surface area contributed by atoms with E-state index in [1.807, 2.05) is 0 Å². The zero-order valence-corrected chi connectivity index (χ0v) is 13.6. The van der Waals surface area contributed by atoms with E-state index < -0.39 is 5.41 Å². The normalized spacial score (nSPS) is 31.1. The first kappa shape index (κ1) is 16.3. The molecule has 0 amide bonds. The number of rotatable bonds is 4. The molecule has 1 spiro atoms. The van der Waals surface area contributed by atoms with Gasteiger partial charge in [-0.1, -0.05) is 26.2 Å². The van der Waals surface area contributed by atoms with Gasteiger partial charge in [0.15, 0.2) is 5.41 Å². The van der Waals surface area contributed by atoms with Gasteiger partial charge in [-0.25, -0.2) is 0 Å². The lowest BCUT2D eigenvalue weighted by atomic mass is 9.56. The van der Waals surface area contributed by atoms with Gasteiger partial charge < -0.3 is 9.47 Å². The van der Waals surface area contributed by atoms with Crippen molar-refractivity contribution >= 4 is 11.9 Å². The summed E-state index contributed by atoms with van der Waals surface area (Å²) in [4.78, 5) is 25.5. The molecule has 4 nitrogen and oxygen atoms in total. The van der Waals surface area contributed by atoms with Gasteiger partial charge in [0, 0.05) is 0 Å². The Balaban J connectivity index is 2.41. The smallest absolute Gasteiger partial charge is 0.324 e. The summed E-state index contributed by atoms with van der Waals surface area (Å²) >= 11 is 0. The fourth-order valence-electron chi connectivity index (χ4n) is 4.67. The molecule has 2 saturated carbocycles. The van der Waals surface area contributed by atoms with E-state index in [0.29, 0.717) is 25.6 Å². The Kier molecular flexibility index (Phi) is 4.95. The van der Waals surface area contributed by atoms with Gasteiger partial charge in [-0.2, -0.15) is 0 Å². The topological polar surface area (TPSA) is 52.6 Å². The molecule has 0 radical (unpaired) electrons. The van der Waals surface area contributed by atoms with Crippen molar-refractivity contribution in [1.82, 2.24) is 0 Å². The second-order valence-corrected chi connectivity index (χ2v) is 6.68. The predicted octanol–water partition coefficient (Wildman–Crippen LogP) is 3.48. The maximum absolute atomic E-state index is 12.7. The summed E-state index contributed by atoms with van der Waals surface area (Å²) in [6, 6.07) is 0. The monoisotopic (exact) mass is 296 g/mol. The van der Waals surface area contributed by atoms with E-state index in [1.165, 1.54) is 6.42 Å². The molecule has 2 rings (SSSR count). The highest BCUT2D eigenvalue weighted by Crippen LogP contribution is 2.62. The molecule has 0 unspecified atom stereocenters. The molecule has 120 valence electrons. The number of hydrogen-bond acceptors (Lipinski definition) is 4. The fourth-order valence-corrected chi connectivity index (χ4v) is 4.67. The van der Waals surface area contributed by atoms with Crippen LogP contribution >= 0.6 is 0 Å². The Morgan fingerprint density at radius 3 is 2.10 bits per heavy atom. The number of ether oxygens (including phenoxy) is 2. The molecule has 0 aliphatic heterocycles. The highest BCUT2D eigenvalue weighted by molar-refractivity contribution is 6.01. The van der Waals surface area contributed by atoms with E-state index in [4.69, 9.17) is 9.47 Å². The Labute approximate surface area is 127 Å². The Hall–Kier alpha value is -1.06. The third-order valence-corrected chi connectivity index (χ3v) is 5.45. The van der Waals surface area contributed by atoms with Crippen LogP contribution in [-0.2, 0) is 19.1 Å². The van der Waals surface area contributed by atoms with Crippen LogP contribution in [0.15, 0.2) is 0 Å². The highest BCUT2D eigenvalue weighted by Gasteiger charge is 2.66. The zero-order chi connectivity index (χ0) is 15.5. The zero-order valence-electron chi connectivity index (χ0n) is 13.6. The van der Waals surface area contributed by atoms with Crippen LogP contribution in [0.25, 0.3) is 0 Å². The lowest BCUT2D eigenvalue weighted by Crippen LogP contribution is -2.53. The summed E-state index contributed by atoms with van der Waals surface area (Å²) < 4.78 is 10.6. The third-order valence-electron chi connectivity index (χ3n) is 5.45. The van der Waals surface area contributed by atoms with Gasteiger partial charge in [0.25, 0.3) is 0 Å². The molecule has 0 aromatic carbocycles. The lowest BCUT2D eigenvalue weighted by Gasteiger charge is -2.46. The van der Waals surface area contributed by atoms with E-state index in [0.717, 1.165) is 32.1 Å². The molecule has 4 heteroatoms. The minimum atomic E-state index is -1.06. The van der Waals surface area contributed by atoms with E-state index >= 15 is 0 Å². The third kappa shape index (κ3) is 2.58. The van der Waals surface area contributed by atoms with Crippen molar-refractivity contribution in [2.75, 3.05) is 13.2 Å². The van der Waals surface area contributed by atoms with Crippen molar-refractivity contribution < 1.29 is 19.1 Å². The van der Waals surface area contributed by atoms with Crippen LogP contribution in [0.3, 0.4) is 0 Å². The standard InChI is InChI=1S/C17H28O4/c1-4-20-14(18)17(15(19)21-5-2)11-7-10-16(17)9-6-8-13(3)12-16/h13H,4-12H2,1-3H3/t13-,16-/m0/s1. The first-order valence-corrected chi connectivity index (χ1v) is 8.37. The molecule has 0 N–H and O–H groups in total. The average Bonchev–Trinajstić information content (AvgIpc) is 2.78. The second kappa shape index (κ2) is 6.37. The molecule has 0 saturated heterocycles. The largest absolute Gasteiger partial charge is 0.465 e. The number of carbonyl (C=O) groups excluding carboxylic acids is 2. The number of carbonyl (C=O) groups is 2. The van der Waals surface area contributed by atoms with Crippen LogP contribution in [0.1, 0.15) is 65.7 Å². The molecule has 0 aromatic heterocycles. The maximum Gasteiger partial charge on any atom is 0.324 e. The van der Waals surface area contributed by atoms with Crippen molar-refractivity contribution in [3.8, 4) is 0 Å². The second-order valence-electron chi connectivity index (χ2n) is 6.68. The number of esters is 2. The Morgan fingerprint density at radius 2 is 1.57 bits per heavy atom. The minimum absolute atomic E-state index is 0.247. The van der Waals surface area contributed by atoms with E-state index in [2.05, 4.69) is 6.92 Å². The summed E-state index contributed by atoms with van der Waals surface area (Å²) in [6.45, 7) is 6.43. The van der Waals surface area contributed by atoms with Gasteiger partial charge in [0.1, 0.15) is 0 Å². The molecule has 21 heavy (non-hydrogen) atoms. The summed E-state index contributed by atoms with van der Waals surface area (Å²) in [7, 11) is 0. The molecule has 0 heterocycles. The van der Waals surface area contributed by atoms with Gasteiger partial charge in [0.05, 0.1) is 13.2 Å². The first-order chi connectivity index (χ1) is 10.0. The molecule has 2 atom stereocenters. The summed E-state index contributed by atoms with van der Waals surface area (Å²) in [5, 5.41) is 0. The van der Waals surface area contributed by atoms with Gasteiger partial charge >= 0.3 is 11.9 Å². The van der Waals surface area contributed by atoms with Gasteiger partial charge in [-0.05, 0) is 50.9 Å². The SMILES string of the molecule is CCOC(=O)C1(C(=O)OCC)CCC[C@]12CCC[C@H](C)C2. The van der Waals surface area contributed by atoms with E-state index in [1.54, 1.807) is 13.8 Å². The molecule has 2 aliphatic carbocycles. The Bertz CT molecular complexity index is 386. The van der Waals surface area contributed by atoms with Crippen LogP contribution in [-0.4, -0.2) is 25.2 Å². The molecular formula is C17H28O4. The predicted molar refractivity (Wildman–Crippen MR) is 79.6 cm³/mol. The van der Waals surface area contributed by atoms with Crippen LogP contribution in [0.5, 0.6) is 0 Å². The average molecular weight is 296 g/mol. The summed E-state index contributed by atoms with van der Waals surface area (Å²) in [6.07, 6.45) is 6.57. The van der Waals surface area contributed by atoms with Crippen molar-refractivity contribution in [2.24, 2.45) is 16.7 Å². The molecule has 2 aliphatic rings.